The van der Waals surface area contributed by atoms with Crippen molar-refractivity contribution in [3.63, 3.8) is 0 Å². The molecule has 1 aromatic rings. The predicted molar refractivity (Wildman–Crippen MR) is 64.2 cm³/mol. The molecule has 0 spiro atoms. The first-order valence-corrected chi connectivity index (χ1v) is 6.39. The van der Waals surface area contributed by atoms with Gasteiger partial charge in [-0.1, -0.05) is 0 Å². The quantitative estimate of drug-likeness (QED) is 0.467. The lowest BCUT2D eigenvalue weighted by Gasteiger charge is -1.91. The number of nitrogens with two attached hydrogens (primary N) is 1. The maximum atomic E-state index is 11.1. The fourth-order valence-electron chi connectivity index (χ4n) is 0.718. The van der Waals surface area contributed by atoms with E-state index in [9.17, 15) is 4.21 Å². The van der Waals surface area contributed by atoms with E-state index < -0.39 is 10.8 Å². The summed E-state index contributed by atoms with van der Waals surface area (Å²) in [6, 6.07) is 3.65. The third-order valence-electron chi connectivity index (χ3n) is 1.25. The third kappa shape index (κ3) is 3.52. The van der Waals surface area contributed by atoms with Crippen molar-refractivity contribution < 1.29 is 4.21 Å². The van der Waals surface area contributed by atoms with Gasteiger partial charge in [0.25, 0.3) is 0 Å². The van der Waals surface area contributed by atoms with Gasteiger partial charge in [-0.2, -0.15) is 5.10 Å². The molecule has 0 radical (unpaired) electrons. The maximum absolute atomic E-state index is 11.1. The Labute approximate surface area is 93.7 Å². The Morgan fingerprint density at radius 3 is 3.00 bits per heavy atom. The predicted octanol–water partition coefficient (Wildman–Crippen LogP) is 0.653. The average molecular weight is 247 g/mol. The van der Waals surface area contributed by atoms with Gasteiger partial charge in [0, 0.05) is 11.1 Å². The summed E-state index contributed by atoms with van der Waals surface area (Å²) in [7, 11) is -0.936. The van der Waals surface area contributed by atoms with E-state index in [2.05, 4.69) is 22.7 Å². The van der Waals surface area contributed by atoms with Crippen LogP contribution in [0.3, 0.4) is 0 Å². The van der Waals surface area contributed by atoms with Crippen molar-refractivity contribution in [3.8, 4) is 0 Å². The van der Waals surface area contributed by atoms with Gasteiger partial charge in [0.2, 0.25) is 0 Å². The van der Waals surface area contributed by atoms with Crippen molar-refractivity contribution in [1.29, 1.82) is 0 Å². The molecular weight excluding hydrogens is 238 g/mol. The number of thiophene rings is 1. The van der Waals surface area contributed by atoms with Crippen LogP contribution in [0.2, 0.25) is 0 Å². The van der Waals surface area contributed by atoms with Crippen molar-refractivity contribution in [3.05, 3.63) is 17.0 Å². The molecule has 0 aliphatic heterocycles. The summed E-state index contributed by atoms with van der Waals surface area (Å²) in [4.78, 5) is 0.902. The molecular formula is C7H9N3OS3. The van der Waals surface area contributed by atoms with Gasteiger partial charge in [-0.05, 0) is 24.4 Å². The molecule has 4 nitrogen and oxygen atoms in total. The Morgan fingerprint density at radius 1 is 1.79 bits per heavy atom. The highest BCUT2D eigenvalue weighted by Crippen LogP contribution is 2.17. The number of nitrogens with one attached hydrogen (secondary N) is 1. The van der Waals surface area contributed by atoms with E-state index in [4.69, 9.17) is 5.73 Å². The molecule has 0 amide bonds. The molecule has 3 N–H and O–H groups in total. The summed E-state index contributed by atoms with van der Waals surface area (Å²) in [5, 5.41) is 3.91. The second-order valence-corrected chi connectivity index (χ2v) is 5.51. The summed E-state index contributed by atoms with van der Waals surface area (Å²) in [5.41, 5.74) is 7.61. The van der Waals surface area contributed by atoms with Crippen LogP contribution in [-0.4, -0.2) is 21.8 Å². The van der Waals surface area contributed by atoms with Gasteiger partial charge in [0.15, 0.2) is 5.11 Å². The second kappa shape index (κ2) is 5.18. The molecule has 1 atom stereocenters. The smallest absolute Gasteiger partial charge is 0.184 e. The number of nitrogens with zero attached hydrogens (tertiary/aromatic N) is 1. The Balaban J connectivity index is 2.64. The number of rotatable bonds is 3. The Kier molecular flexibility index (Phi) is 4.18. The largest absolute Gasteiger partial charge is 0.375 e. The normalized spacial score (nSPS) is 12.9. The van der Waals surface area contributed by atoms with Gasteiger partial charge in [0.1, 0.15) is 0 Å². The first-order valence-electron chi connectivity index (χ1n) is 3.61. The lowest BCUT2D eigenvalue weighted by Crippen LogP contribution is -2.23. The van der Waals surface area contributed by atoms with E-state index in [0.29, 0.717) is 0 Å². The molecule has 0 aromatic carbocycles. The molecule has 1 aromatic heterocycles. The van der Waals surface area contributed by atoms with Gasteiger partial charge in [0.05, 0.1) is 21.2 Å². The minimum atomic E-state index is -0.936. The zero-order valence-electron chi connectivity index (χ0n) is 7.39. The van der Waals surface area contributed by atoms with Gasteiger partial charge >= 0.3 is 0 Å². The molecule has 0 saturated heterocycles. The van der Waals surface area contributed by atoms with Gasteiger partial charge in [-0.25, -0.2) is 0 Å². The van der Waals surface area contributed by atoms with Crippen LogP contribution >= 0.6 is 23.6 Å². The van der Waals surface area contributed by atoms with Crippen LogP contribution in [0.15, 0.2) is 21.4 Å². The minimum absolute atomic E-state index is 0.122. The third-order valence-corrected chi connectivity index (χ3v) is 3.81. The molecule has 0 aliphatic rings. The number of hydrogen-bond donors (Lipinski definition) is 2. The highest BCUT2D eigenvalue weighted by atomic mass is 32.2. The molecule has 1 heterocycles. The standard InChI is InChI=1S/C7H9N3OS3/c1-14(11)6-3-2-5(13-6)4-9-10-7(8)12/h2-4H,1H3,(H3,8,10,12)/t14-/m1/s1. The molecule has 7 heteroatoms. The maximum Gasteiger partial charge on any atom is 0.184 e. The minimum Gasteiger partial charge on any atom is -0.375 e. The lowest BCUT2D eigenvalue weighted by atomic mass is 10.5. The van der Waals surface area contributed by atoms with Crippen LogP contribution in [0, 0.1) is 0 Å². The Morgan fingerprint density at radius 2 is 2.50 bits per heavy atom. The summed E-state index contributed by atoms with van der Waals surface area (Å²) in [6.07, 6.45) is 3.22. The number of hydrazone groups is 1. The van der Waals surface area contributed by atoms with Gasteiger partial charge in [-0.15, -0.1) is 11.3 Å². The van der Waals surface area contributed by atoms with E-state index in [1.165, 1.54) is 11.3 Å². The van der Waals surface area contributed by atoms with Gasteiger partial charge in [-0.3, -0.25) is 9.63 Å². The summed E-state index contributed by atoms with van der Waals surface area (Å²) in [6.45, 7) is 0. The van der Waals surface area contributed by atoms with Crippen molar-refractivity contribution in [2.45, 2.75) is 4.21 Å². The molecule has 0 unspecified atom stereocenters. The summed E-state index contributed by atoms with van der Waals surface area (Å²) >= 11 is 5.98. The van der Waals surface area contributed by atoms with Crippen LogP contribution in [0.1, 0.15) is 4.88 Å². The zero-order chi connectivity index (χ0) is 10.6. The highest BCUT2D eigenvalue weighted by Gasteiger charge is 2.00. The molecule has 0 aliphatic carbocycles. The van der Waals surface area contributed by atoms with E-state index in [1.807, 2.05) is 12.1 Å². The van der Waals surface area contributed by atoms with Crippen molar-refractivity contribution in [2.75, 3.05) is 6.26 Å². The first kappa shape index (κ1) is 11.3. The van der Waals surface area contributed by atoms with Crippen LogP contribution < -0.4 is 11.2 Å². The van der Waals surface area contributed by atoms with E-state index in [1.54, 1.807) is 12.5 Å². The topological polar surface area (TPSA) is 67.5 Å². The molecule has 0 bridgehead atoms. The number of thiocarbonyl (C=S) groups is 1. The lowest BCUT2D eigenvalue weighted by molar-refractivity contribution is 0.688. The Bertz CT molecular complexity index is 385. The van der Waals surface area contributed by atoms with Crippen molar-refractivity contribution in [1.82, 2.24) is 5.43 Å². The molecule has 1 rings (SSSR count). The fourth-order valence-corrected chi connectivity index (χ4v) is 2.40. The van der Waals surface area contributed by atoms with Gasteiger partial charge < -0.3 is 5.73 Å². The summed E-state index contributed by atoms with van der Waals surface area (Å²) in [5.74, 6) is 0. The van der Waals surface area contributed by atoms with Crippen LogP contribution in [0.25, 0.3) is 0 Å². The van der Waals surface area contributed by atoms with Crippen LogP contribution in [0.5, 0.6) is 0 Å². The Hall–Kier alpha value is -0.790. The van der Waals surface area contributed by atoms with Crippen molar-refractivity contribution >= 4 is 45.7 Å². The van der Waals surface area contributed by atoms with Crippen LogP contribution in [0.4, 0.5) is 0 Å². The second-order valence-electron chi connectivity index (χ2n) is 2.35. The fraction of sp³-hybridized carbons (Fsp3) is 0.143. The molecule has 0 fully saturated rings. The molecule has 0 saturated carbocycles. The van der Waals surface area contributed by atoms with E-state index in [-0.39, 0.29) is 5.11 Å². The SMILES string of the molecule is C[S@@](=O)c1ccc(C=NNC(N)=S)s1. The average Bonchev–Trinajstić information content (AvgIpc) is 2.52. The molecule has 76 valence electrons. The monoisotopic (exact) mass is 247 g/mol. The van der Waals surface area contributed by atoms with E-state index >= 15 is 0 Å². The summed E-state index contributed by atoms with van der Waals surface area (Å²) < 4.78 is 11.9. The van der Waals surface area contributed by atoms with E-state index in [0.717, 1.165) is 9.09 Å². The molecule has 14 heavy (non-hydrogen) atoms. The van der Waals surface area contributed by atoms with Crippen LogP contribution in [-0.2, 0) is 10.8 Å². The number of hydrogen-bond acceptors (Lipinski definition) is 4. The first-order chi connectivity index (χ1) is 6.59. The van der Waals surface area contributed by atoms with Crippen molar-refractivity contribution in [2.24, 2.45) is 10.8 Å². The zero-order valence-corrected chi connectivity index (χ0v) is 9.84. The highest BCUT2D eigenvalue weighted by molar-refractivity contribution is 7.86.